The minimum Gasteiger partial charge on any atom is -0.444 e. The first kappa shape index (κ1) is 23.7. The van der Waals surface area contributed by atoms with Gasteiger partial charge in [0.1, 0.15) is 17.3 Å². The first-order valence-corrected chi connectivity index (χ1v) is 9.09. The fraction of sp³-hybridized carbons (Fsp3) is 0.368. The maximum Gasteiger partial charge on any atom is 0.433 e. The second kappa shape index (κ2) is 9.06. The SMILES string of the molecule is CC(NC(=O)OC(C)(C)C)C(=O)NNC(=O)c1cccc(-n2nccc2C(F)(F)F)c1. The van der Waals surface area contributed by atoms with Crippen LogP contribution >= 0.6 is 0 Å². The molecule has 1 aromatic carbocycles. The smallest absolute Gasteiger partial charge is 0.433 e. The normalized spacial score (nSPS) is 12.6. The van der Waals surface area contributed by atoms with E-state index in [-0.39, 0.29) is 11.3 Å². The number of aromatic nitrogens is 2. The zero-order chi connectivity index (χ0) is 23.4. The Morgan fingerprint density at radius 2 is 1.77 bits per heavy atom. The van der Waals surface area contributed by atoms with Gasteiger partial charge in [-0.3, -0.25) is 20.4 Å². The Bertz CT molecular complexity index is 966. The van der Waals surface area contributed by atoms with Crippen molar-refractivity contribution < 1.29 is 32.3 Å². The van der Waals surface area contributed by atoms with E-state index in [1.54, 1.807) is 20.8 Å². The summed E-state index contributed by atoms with van der Waals surface area (Å²) >= 11 is 0. The number of hydrogen-bond acceptors (Lipinski definition) is 5. The molecular formula is C19H22F3N5O4. The van der Waals surface area contributed by atoms with Crippen LogP contribution in [0.25, 0.3) is 5.69 Å². The molecule has 3 amide bonds. The molecule has 1 unspecified atom stereocenters. The molecule has 2 rings (SSSR count). The topological polar surface area (TPSA) is 114 Å². The van der Waals surface area contributed by atoms with Crippen molar-refractivity contribution in [3.05, 3.63) is 47.8 Å². The molecule has 168 valence electrons. The van der Waals surface area contributed by atoms with Gasteiger partial charge in [0.25, 0.3) is 11.8 Å². The molecule has 1 aromatic heterocycles. The van der Waals surface area contributed by atoms with E-state index in [1.807, 2.05) is 0 Å². The summed E-state index contributed by atoms with van der Waals surface area (Å²) in [6, 6.07) is 5.05. The highest BCUT2D eigenvalue weighted by molar-refractivity contribution is 5.96. The molecule has 0 saturated carbocycles. The Kier molecular flexibility index (Phi) is 6.93. The van der Waals surface area contributed by atoms with Crippen LogP contribution in [0.1, 0.15) is 43.7 Å². The number of alkyl carbamates (subject to hydrolysis) is 1. The number of halogens is 3. The van der Waals surface area contributed by atoms with Crippen LogP contribution in [-0.4, -0.2) is 39.3 Å². The predicted molar refractivity (Wildman–Crippen MR) is 103 cm³/mol. The van der Waals surface area contributed by atoms with Gasteiger partial charge in [-0.05, 0) is 52.0 Å². The summed E-state index contributed by atoms with van der Waals surface area (Å²) in [4.78, 5) is 36.0. The highest BCUT2D eigenvalue weighted by atomic mass is 19.4. The quantitative estimate of drug-likeness (QED) is 0.631. The van der Waals surface area contributed by atoms with E-state index in [0.29, 0.717) is 4.68 Å². The van der Waals surface area contributed by atoms with Gasteiger partial charge in [-0.25, -0.2) is 9.48 Å². The molecule has 0 aliphatic carbocycles. The van der Waals surface area contributed by atoms with Gasteiger partial charge in [0.2, 0.25) is 0 Å². The van der Waals surface area contributed by atoms with Crippen LogP contribution in [0.4, 0.5) is 18.0 Å². The molecule has 1 atom stereocenters. The number of nitrogens with zero attached hydrogens (tertiary/aromatic N) is 2. The van der Waals surface area contributed by atoms with E-state index >= 15 is 0 Å². The fourth-order valence-electron chi connectivity index (χ4n) is 2.35. The number of benzene rings is 1. The Morgan fingerprint density at radius 1 is 1.10 bits per heavy atom. The van der Waals surface area contributed by atoms with Crippen molar-refractivity contribution in [3.63, 3.8) is 0 Å². The Morgan fingerprint density at radius 3 is 2.39 bits per heavy atom. The van der Waals surface area contributed by atoms with Gasteiger partial charge in [-0.1, -0.05) is 6.07 Å². The van der Waals surface area contributed by atoms with E-state index in [9.17, 15) is 27.6 Å². The largest absolute Gasteiger partial charge is 0.444 e. The van der Waals surface area contributed by atoms with E-state index in [2.05, 4.69) is 21.3 Å². The van der Waals surface area contributed by atoms with Crippen molar-refractivity contribution in [2.75, 3.05) is 0 Å². The molecule has 0 bridgehead atoms. The third-order valence-electron chi connectivity index (χ3n) is 3.71. The lowest BCUT2D eigenvalue weighted by Crippen LogP contribution is -2.51. The lowest BCUT2D eigenvalue weighted by atomic mass is 10.2. The molecule has 1 heterocycles. The summed E-state index contributed by atoms with van der Waals surface area (Å²) in [6.45, 7) is 6.36. The number of rotatable bonds is 4. The average molecular weight is 441 g/mol. The zero-order valence-corrected chi connectivity index (χ0v) is 17.2. The molecule has 12 heteroatoms. The Hall–Kier alpha value is -3.57. The number of hydrazine groups is 1. The monoisotopic (exact) mass is 441 g/mol. The Balaban J connectivity index is 2.01. The van der Waals surface area contributed by atoms with E-state index in [0.717, 1.165) is 12.3 Å². The maximum absolute atomic E-state index is 13.1. The molecule has 0 saturated heterocycles. The molecule has 2 aromatic rings. The summed E-state index contributed by atoms with van der Waals surface area (Å²) in [5.41, 5.74) is 2.51. The molecule has 31 heavy (non-hydrogen) atoms. The van der Waals surface area contributed by atoms with Crippen LogP contribution < -0.4 is 16.2 Å². The third-order valence-corrected chi connectivity index (χ3v) is 3.71. The number of hydrogen-bond donors (Lipinski definition) is 3. The highest BCUT2D eigenvalue weighted by Gasteiger charge is 2.35. The first-order valence-electron chi connectivity index (χ1n) is 9.09. The third kappa shape index (κ3) is 6.73. The first-order chi connectivity index (χ1) is 14.3. The van der Waals surface area contributed by atoms with Gasteiger partial charge in [-0.2, -0.15) is 18.3 Å². The molecule has 0 fully saturated rings. The van der Waals surface area contributed by atoms with Crippen molar-refractivity contribution in [2.24, 2.45) is 0 Å². The van der Waals surface area contributed by atoms with Crippen molar-refractivity contribution in [2.45, 2.75) is 45.5 Å². The van der Waals surface area contributed by atoms with Gasteiger partial charge in [0, 0.05) is 5.56 Å². The van der Waals surface area contributed by atoms with Crippen LogP contribution in [-0.2, 0) is 15.7 Å². The fourth-order valence-corrected chi connectivity index (χ4v) is 2.35. The van der Waals surface area contributed by atoms with Crippen LogP contribution in [0.3, 0.4) is 0 Å². The van der Waals surface area contributed by atoms with Crippen molar-refractivity contribution >= 4 is 17.9 Å². The molecule has 9 nitrogen and oxygen atoms in total. The summed E-state index contributed by atoms with van der Waals surface area (Å²) in [6.07, 6.45) is -4.44. The minimum atomic E-state index is -4.62. The number of carbonyl (C=O) groups is 3. The van der Waals surface area contributed by atoms with E-state index in [1.165, 1.54) is 31.2 Å². The lowest BCUT2D eigenvalue weighted by Gasteiger charge is -2.21. The minimum absolute atomic E-state index is 0.0104. The summed E-state index contributed by atoms with van der Waals surface area (Å²) in [5, 5.41) is 5.95. The molecule has 0 radical (unpaired) electrons. The number of carbonyl (C=O) groups excluding carboxylic acids is 3. The molecule has 3 N–H and O–H groups in total. The van der Waals surface area contributed by atoms with Crippen LogP contribution in [0.5, 0.6) is 0 Å². The molecular weight excluding hydrogens is 419 g/mol. The highest BCUT2D eigenvalue weighted by Crippen LogP contribution is 2.30. The Labute approximate surface area is 175 Å². The van der Waals surface area contributed by atoms with Crippen LogP contribution in [0.15, 0.2) is 36.5 Å². The summed E-state index contributed by atoms with van der Waals surface area (Å²) in [5.74, 6) is -1.51. The van der Waals surface area contributed by atoms with E-state index < -0.39 is 41.4 Å². The summed E-state index contributed by atoms with van der Waals surface area (Å²) < 4.78 is 44.9. The molecule has 0 aliphatic rings. The standard InChI is InChI=1S/C19H22F3N5O4/c1-11(24-17(30)31-18(2,3)4)15(28)25-26-16(29)12-6-5-7-13(10-12)27-14(8-9-23-27)19(20,21)22/h5-11H,1-4H3,(H,24,30)(H,25,28)(H,26,29). The van der Waals surface area contributed by atoms with Gasteiger partial charge < -0.3 is 10.1 Å². The second-order valence-electron chi connectivity index (χ2n) is 7.49. The number of nitrogens with one attached hydrogen (secondary N) is 3. The summed E-state index contributed by atoms with van der Waals surface area (Å²) in [7, 11) is 0. The second-order valence-corrected chi connectivity index (χ2v) is 7.49. The number of ether oxygens (including phenoxy) is 1. The van der Waals surface area contributed by atoms with Gasteiger partial charge in [0.15, 0.2) is 0 Å². The number of alkyl halides is 3. The van der Waals surface area contributed by atoms with Crippen molar-refractivity contribution in [1.29, 1.82) is 0 Å². The van der Waals surface area contributed by atoms with Gasteiger partial charge in [-0.15, -0.1) is 0 Å². The number of amides is 3. The van der Waals surface area contributed by atoms with Gasteiger partial charge in [0.05, 0.1) is 11.9 Å². The van der Waals surface area contributed by atoms with Crippen molar-refractivity contribution in [1.82, 2.24) is 25.9 Å². The van der Waals surface area contributed by atoms with Crippen LogP contribution in [0, 0.1) is 0 Å². The van der Waals surface area contributed by atoms with Crippen molar-refractivity contribution in [3.8, 4) is 5.69 Å². The average Bonchev–Trinajstić information content (AvgIpc) is 3.14. The van der Waals surface area contributed by atoms with Crippen LogP contribution in [0.2, 0.25) is 0 Å². The zero-order valence-electron chi connectivity index (χ0n) is 17.2. The molecule has 0 aliphatic heterocycles. The maximum atomic E-state index is 13.1. The van der Waals surface area contributed by atoms with E-state index in [4.69, 9.17) is 4.74 Å². The lowest BCUT2D eigenvalue weighted by molar-refractivity contribution is -0.142. The molecule has 0 spiro atoms. The predicted octanol–water partition coefficient (Wildman–Crippen LogP) is 2.57. The van der Waals surface area contributed by atoms with Gasteiger partial charge >= 0.3 is 12.3 Å².